The second-order valence-electron chi connectivity index (χ2n) is 5.00. The Balaban J connectivity index is 2.48. The Bertz CT molecular complexity index is 655. The lowest BCUT2D eigenvalue weighted by molar-refractivity contribution is -0.111. The molecular weight excluding hydrogens is 266 g/mol. The summed E-state index contributed by atoms with van der Waals surface area (Å²) >= 11 is 0. The van der Waals surface area contributed by atoms with Crippen molar-refractivity contribution in [1.29, 1.82) is 0 Å². The fourth-order valence-electron chi connectivity index (χ4n) is 1.97. The second kappa shape index (κ2) is 6.30. The first-order valence-electron chi connectivity index (χ1n) is 6.80. The quantitative estimate of drug-likeness (QED) is 0.783. The van der Waals surface area contributed by atoms with Gasteiger partial charge in [0.15, 0.2) is 11.6 Å². The molecule has 0 N–H and O–H groups in total. The zero-order valence-corrected chi connectivity index (χ0v) is 12.7. The van der Waals surface area contributed by atoms with E-state index in [1.165, 1.54) is 12.5 Å². The van der Waals surface area contributed by atoms with Crippen molar-refractivity contribution in [2.24, 2.45) is 0 Å². The molecule has 0 saturated heterocycles. The summed E-state index contributed by atoms with van der Waals surface area (Å²) in [7, 11) is 3.71. The van der Waals surface area contributed by atoms with E-state index in [9.17, 15) is 4.79 Å². The first kappa shape index (κ1) is 14.9. The van der Waals surface area contributed by atoms with Crippen molar-refractivity contribution in [3.63, 3.8) is 0 Å². The fraction of sp³-hybridized carbons (Fsp3) is 0.333. The van der Waals surface area contributed by atoms with Gasteiger partial charge in [0.2, 0.25) is 0 Å². The summed E-state index contributed by atoms with van der Waals surface area (Å²) < 4.78 is 1.58. The lowest BCUT2D eigenvalue weighted by Gasteiger charge is -2.10. The zero-order valence-electron chi connectivity index (χ0n) is 12.7. The number of ketones is 1. The Kier molecular flexibility index (Phi) is 4.47. The van der Waals surface area contributed by atoms with Crippen LogP contribution in [0.5, 0.6) is 0 Å². The molecule has 0 spiro atoms. The molecule has 2 aromatic rings. The largest absolute Gasteiger partial charge is 0.383 e. The SMILES string of the molecule is CCc1ccc(-n2nnnc2/C(=C\N(C)C)C(C)=O)cc1. The predicted molar refractivity (Wildman–Crippen MR) is 80.9 cm³/mol. The molecule has 0 aliphatic carbocycles. The van der Waals surface area contributed by atoms with Crippen molar-refractivity contribution in [3.05, 3.63) is 41.9 Å². The van der Waals surface area contributed by atoms with Crippen LogP contribution >= 0.6 is 0 Å². The molecule has 2 rings (SSSR count). The number of benzene rings is 1. The molecule has 6 heteroatoms. The number of aryl methyl sites for hydroxylation is 1. The minimum atomic E-state index is -0.0788. The van der Waals surface area contributed by atoms with Crippen molar-refractivity contribution in [2.45, 2.75) is 20.3 Å². The number of carbonyl (C=O) groups excluding carboxylic acids is 1. The molecule has 110 valence electrons. The highest BCUT2D eigenvalue weighted by Crippen LogP contribution is 2.17. The van der Waals surface area contributed by atoms with Crippen LogP contribution in [0.1, 0.15) is 25.2 Å². The summed E-state index contributed by atoms with van der Waals surface area (Å²) in [4.78, 5) is 13.7. The predicted octanol–water partition coefficient (Wildman–Crippen LogP) is 1.72. The van der Waals surface area contributed by atoms with Crippen molar-refractivity contribution in [1.82, 2.24) is 25.1 Å². The Hall–Kier alpha value is -2.50. The van der Waals surface area contributed by atoms with E-state index in [1.54, 1.807) is 15.8 Å². The molecule has 0 aliphatic heterocycles. The van der Waals surface area contributed by atoms with E-state index in [0.29, 0.717) is 11.4 Å². The molecule has 21 heavy (non-hydrogen) atoms. The second-order valence-corrected chi connectivity index (χ2v) is 5.00. The van der Waals surface area contributed by atoms with E-state index >= 15 is 0 Å². The number of rotatable bonds is 5. The summed E-state index contributed by atoms with van der Waals surface area (Å²) in [5.74, 6) is 0.366. The molecule has 0 radical (unpaired) electrons. The number of hydrogen-bond acceptors (Lipinski definition) is 5. The van der Waals surface area contributed by atoms with Crippen LogP contribution < -0.4 is 0 Å². The summed E-state index contributed by atoms with van der Waals surface area (Å²) in [5, 5.41) is 11.7. The monoisotopic (exact) mass is 285 g/mol. The zero-order chi connectivity index (χ0) is 15.4. The van der Waals surface area contributed by atoms with Gasteiger partial charge < -0.3 is 4.90 Å². The Morgan fingerprint density at radius 3 is 2.48 bits per heavy atom. The summed E-state index contributed by atoms with van der Waals surface area (Å²) in [6, 6.07) is 7.96. The number of Topliss-reactive ketones (excluding diaryl/α,β-unsaturated/α-hetero) is 1. The van der Waals surface area contributed by atoms with Crippen LogP contribution in [0.2, 0.25) is 0 Å². The third-order valence-electron chi connectivity index (χ3n) is 3.07. The van der Waals surface area contributed by atoms with E-state index in [2.05, 4.69) is 22.4 Å². The van der Waals surface area contributed by atoms with E-state index in [4.69, 9.17) is 0 Å². The van der Waals surface area contributed by atoms with Gasteiger partial charge in [0, 0.05) is 20.3 Å². The molecule has 1 aromatic heterocycles. The molecule has 0 saturated carbocycles. The molecule has 0 atom stereocenters. The van der Waals surface area contributed by atoms with Gasteiger partial charge in [-0.15, -0.1) is 5.10 Å². The van der Waals surface area contributed by atoms with Crippen molar-refractivity contribution < 1.29 is 4.79 Å². The van der Waals surface area contributed by atoms with E-state index < -0.39 is 0 Å². The number of nitrogens with zero attached hydrogens (tertiary/aromatic N) is 5. The van der Waals surface area contributed by atoms with Crippen LogP contribution in [-0.2, 0) is 11.2 Å². The number of tetrazole rings is 1. The summed E-state index contributed by atoms with van der Waals surface area (Å²) in [5.41, 5.74) is 2.55. The molecular formula is C15H19N5O. The van der Waals surface area contributed by atoms with Gasteiger partial charge in [0.25, 0.3) is 0 Å². The average molecular weight is 285 g/mol. The summed E-state index contributed by atoms with van der Waals surface area (Å²) in [6.07, 6.45) is 2.70. The third-order valence-corrected chi connectivity index (χ3v) is 3.07. The molecule has 0 aliphatic rings. The van der Waals surface area contributed by atoms with Crippen molar-refractivity contribution in [2.75, 3.05) is 14.1 Å². The molecule has 1 aromatic carbocycles. The van der Waals surface area contributed by atoms with Gasteiger partial charge in [0.05, 0.1) is 11.3 Å². The lowest BCUT2D eigenvalue weighted by Crippen LogP contribution is -2.11. The first-order chi connectivity index (χ1) is 10.0. The van der Waals surface area contributed by atoms with Crippen molar-refractivity contribution >= 4 is 11.4 Å². The number of hydrogen-bond donors (Lipinski definition) is 0. The van der Waals surface area contributed by atoms with Gasteiger partial charge in [-0.3, -0.25) is 4.79 Å². The average Bonchev–Trinajstić information content (AvgIpc) is 2.93. The highest BCUT2D eigenvalue weighted by molar-refractivity contribution is 6.18. The van der Waals surface area contributed by atoms with Crippen LogP contribution in [0, 0.1) is 0 Å². The van der Waals surface area contributed by atoms with Gasteiger partial charge >= 0.3 is 0 Å². The summed E-state index contributed by atoms with van der Waals surface area (Å²) in [6.45, 7) is 3.61. The first-order valence-corrected chi connectivity index (χ1v) is 6.80. The van der Waals surface area contributed by atoms with Crippen LogP contribution in [0.4, 0.5) is 0 Å². The normalized spacial score (nSPS) is 11.5. The highest BCUT2D eigenvalue weighted by Gasteiger charge is 2.17. The van der Waals surface area contributed by atoms with Crippen LogP contribution in [0.15, 0.2) is 30.5 Å². The highest BCUT2D eigenvalue weighted by atomic mass is 16.1. The third kappa shape index (κ3) is 3.34. The molecule has 0 bridgehead atoms. The standard InChI is InChI=1S/C15H19N5O/c1-5-12-6-8-13(9-7-12)20-15(16-17-18-20)14(11(2)21)10-19(3)4/h6-10H,5H2,1-4H3/b14-10-. The van der Waals surface area contributed by atoms with E-state index in [0.717, 1.165) is 12.1 Å². The van der Waals surface area contributed by atoms with Gasteiger partial charge in [-0.25, -0.2) is 0 Å². The van der Waals surface area contributed by atoms with Crippen LogP contribution in [-0.4, -0.2) is 45.0 Å². The van der Waals surface area contributed by atoms with Crippen LogP contribution in [0.25, 0.3) is 11.3 Å². The Morgan fingerprint density at radius 1 is 1.29 bits per heavy atom. The minimum absolute atomic E-state index is 0.0788. The number of aromatic nitrogens is 4. The Morgan fingerprint density at radius 2 is 1.95 bits per heavy atom. The van der Waals surface area contributed by atoms with Crippen LogP contribution in [0.3, 0.4) is 0 Å². The molecule has 1 heterocycles. The van der Waals surface area contributed by atoms with Gasteiger partial charge in [-0.05, 0) is 41.5 Å². The maximum Gasteiger partial charge on any atom is 0.192 e. The maximum absolute atomic E-state index is 11.9. The number of allylic oxidation sites excluding steroid dienone is 1. The molecule has 0 fully saturated rings. The van der Waals surface area contributed by atoms with E-state index in [1.807, 2.05) is 38.4 Å². The van der Waals surface area contributed by atoms with Crippen molar-refractivity contribution in [3.8, 4) is 5.69 Å². The van der Waals surface area contributed by atoms with Gasteiger partial charge in [-0.2, -0.15) is 4.68 Å². The smallest absolute Gasteiger partial charge is 0.192 e. The molecule has 0 unspecified atom stereocenters. The van der Waals surface area contributed by atoms with Gasteiger partial charge in [0.1, 0.15) is 0 Å². The molecule has 0 amide bonds. The minimum Gasteiger partial charge on any atom is -0.383 e. The Labute approximate surface area is 124 Å². The topological polar surface area (TPSA) is 63.9 Å². The molecule has 6 nitrogen and oxygen atoms in total. The maximum atomic E-state index is 11.9. The fourth-order valence-corrected chi connectivity index (χ4v) is 1.97. The number of carbonyl (C=O) groups is 1. The van der Waals surface area contributed by atoms with Gasteiger partial charge in [-0.1, -0.05) is 19.1 Å². The lowest BCUT2D eigenvalue weighted by atomic mass is 10.1. The van der Waals surface area contributed by atoms with E-state index in [-0.39, 0.29) is 5.78 Å².